The molecule has 11 heteroatoms. The third-order valence-corrected chi connectivity index (χ3v) is 6.60. The van der Waals surface area contributed by atoms with E-state index in [0.717, 1.165) is 12.1 Å². The van der Waals surface area contributed by atoms with Crippen LogP contribution in [0.5, 0.6) is 0 Å². The normalized spacial score (nSPS) is 12.0. The van der Waals surface area contributed by atoms with Crippen molar-refractivity contribution in [3.05, 3.63) is 63.5 Å². The minimum Gasteiger partial charge on any atom is -0.280 e. The van der Waals surface area contributed by atoms with Crippen LogP contribution in [0, 0.1) is 29.8 Å². The summed E-state index contributed by atoms with van der Waals surface area (Å²) >= 11 is 0. The van der Waals surface area contributed by atoms with Gasteiger partial charge in [-0.1, -0.05) is 6.07 Å². The summed E-state index contributed by atoms with van der Waals surface area (Å²) in [5.74, 6) is -1.98. The SMILES string of the molecule is Cc1cc(NS(=O)(=O)c2cccc(F)c2)cc(C)c1S(=O)(=O)C[N+](=O)[O-]. The fraction of sp³-hybridized carbons (Fsp3) is 0.200. The van der Waals surface area contributed by atoms with Crippen molar-refractivity contribution in [3.8, 4) is 0 Å². The van der Waals surface area contributed by atoms with Gasteiger partial charge in [0, 0.05) is 10.6 Å². The third kappa shape index (κ3) is 4.35. The van der Waals surface area contributed by atoms with Gasteiger partial charge in [0.1, 0.15) is 5.82 Å². The topological polar surface area (TPSA) is 123 Å². The van der Waals surface area contributed by atoms with Crippen molar-refractivity contribution in [2.75, 3.05) is 10.6 Å². The molecule has 140 valence electrons. The summed E-state index contributed by atoms with van der Waals surface area (Å²) in [5.41, 5.74) is 0.372. The Bertz CT molecular complexity index is 1060. The van der Waals surface area contributed by atoms with E-state index in [0.29, 0.717) is 0 Å². The zero-order valence-corrected chi connectivity index (χ0v) is 15.4. The number of sulfonamides is 1. The summed E-state index contributed by atoms with van der Waals surface area (Å²) in [5, 5.41) is 10.6. The molecule has 2 aromatic carbocycles. The van der Waals surface area contributed by atoms with Gasteiger partial charge >= 0.3 is 5.88 Å². The summed E-state index contributed by atoms with van der Waals surface area (Å²) in [6.07, 6.45) is 0. The summed E-state index contributed by atoms with van der Waals surface area (Å²) in [4.78, 5) is 9.09. The second-order valence-electron chi connectivity index (χ2n) is 5.58. The van der Waals surface area contributed by atoms with Crippen molar-refractivity contribution in [2.45, 2.75) is 23.6 Å². The van der Waals surface area contributed by atoms with Gasteiger partial charge in [0.25, 0.3) is 10.0 Å². The maximum absolute atomic E-state index is 13.2. The molecule has 0 bridgehead atoms. The number of aryl methyl sites for hydroxylation is 2. The number of nitrogens with zero attached hydrogens (tertiary/aromatic N) is 1. The predicted molar refractivity (Wildman–Crippen MR) is 92.2 cm³/mol. The molecule has 1 N–H and O–H groups in total. The van der Waals surface area contributed by atoms with Crippen LogP contribution in [0.3, 0.4) is 0 Å². The van der Waals surface area contributed by atoms with Gasteiger partial charge in [-0.3, -0.25) is 14.8 Å². The van der Waals surface area contributed by atoms with Crippen LogP contribution in [-0.2, 0) is 19.9 Å². The molecular weight excluding hydrogens is 387 g/mol. The standard InChI is InChI=1S/C15H15FN2O6S2/c1-10-6-13(7-11(2)15(10)25(21,22)9-18(19)20)17-26(23,24)14-5-3-4-12(16)8-14/h3-8,17H,9H2,1-2H3. The van der Waals surface area contributed by atoms with Crippen LogP contribution in [0.4, 0.5) is 10.1 Å². The van der Waals surface area contributed by atoms with E-state index in [-0.39, 0.29) is 26.6 Å². The molecule has 0 atom stereocenters. The van der Waals surface area contributed by atoms with Crippen LogP contribution in [0.2, 0.25) is 0 Å². The van der Waals surface area contributed by atoms with Gasteiger partial charge in [-0.2, -0.15) is 0 Å². The van der Waals surface area contributed by atoms with Crippen molar-refractivity contribution in [3.63, 3.8) is 0 Å². The largest absolute Gasteiger partial charge is 0.305 e. The maximum Gasteiger partial charge on any atom is 0.305 e. The highest BCUT2D eigenvalue weighted by molar-refractivity contribution is 7.92. The number of anilines is 1. The Balaban J connectivity index is 2.44. The Hall–Kier alpha value is -2.53. The van der Waals surface area contributed by atoms with Gasteiger partial charge in [-0.15, -0.1) is 0 Å². The first kappa shape index (κ1) is 19.8. The Morgan fingerprint density at radius 1 is 1.08 bits per heavy atom. The van der Waals surface area contributed by atoms with Crippen molar-refractivity contribution in [2.24, 2.45) is 0 Å². The zero-order valence-electron chi connectivity index (χ0n) is 13.8. The number of nitrogens with one attached hydrogen (secondary N) is 1. The van der Waals surface area contributed by atoms with Gasteiger partial charge in [0.05, 0.1) is 9.79 Å². The number of halogens is 1. The highest BCUT2D eigenvalue weighted by Crippen LogP contribution is 2.27. The molecule has 0 aliphatic carbocycles. The first-order chi connectivity index (χ1) is 11.9. The van der Waals surface area contributed by atoms with Crippen LogP contribution in [0.1, 0.15) is 11.1 Å². The number of sulfone groups is 1. The third-order valence-electron chi connectivity index (χ3n) is 3.41. The number of hydrogen-bond donors (Lipinski definition) is 1. The Morgan fingerprint density at radius 3 is 2.15 bits per heavy atom. The van der Waals surface area contributed by atoms with Gasteiger partial charge < -0.3 is 0 Å². The van der Waals surface area contributed by atoms with Gasteiger partial charge in [0.15, 0.2) is 0 Å². The van der Waals surface area contributed by atoms with E-state index in [1.165, 1.54) is 38.1 Å². The first-order valence-electron chi connectivity index (χ1n) is 7.16. The number of nitro groups is 1. The molecule has 0 aromatic heterocycles. The minimum atomic E-state index is -4.17. The molecule has 0 heterocycles. The predicted octanol–water partition coefficient (Wildman–Crippen LogP) is 2.25. The van der Waals surface area contributed by atoms with E-state index in [1.807, 2.05) is 0 Å². The Morgan fingerprint density at radius 2 is 1.65 bits per heavy atom. The molecule has 0 amide bonds. The van der Waals surface area contributed by atoms with Crippen LogP contribution < -0.4 is 4.72 Å². The molecule has 0 aliphatic rings. The summed E-state index contributed by atoms with van der Waals surface area (Å²) in [6, 6.07) is 6.89. The molecule has 0 aliphatic heterocycles. The van der Waals surface area contributed by atoms with Gasteiger partial charge in [-0.25, -0.2) is 21.2 Å². The molecule has 0 saturated heterocycles. The average molecular weight is 402 g/mol. The first-order valence-corrected chi connectivity index (χ1v) is 10.3. The molecule has 0 fully saturated rings. The zero-order chi connectivity index (χ0) is 19.7. The lowest BCUT2D eigenvalue weighted by Gasteiger charge is -2.13. The highest BCUT2D eigenvalue weighted by atomic mass is 32.2. The van der Waals surface area contributed by atoms with E-state index >= 15 is 0 Å². The van der Waals surface area contributed by atoms with E-state index in [4.69, 9.17) is 0 Å². The maximum atomic E-state index is 13.2. The fourth-order valence-corrected chi connectivity index (χ4v) is 5.13. The molecule has 0 saturated carbocycles. The number of benzene rings is 2. The van der Waals surface area contributed by atoms with Gasteiger partial charge in [-0.05, 0) is 55.3 Å². The van der Waals surface area contributed by atoms with Crippen molar-refractivity contribution in [1.29, 1.82) is 0 Å². The summed E-state index contributed by atoms with van der Waals surface area (Å²) < 4.78 is 64.4. The molecule has 8 nitrogen and oxygen atoms in total. The van der Waals surface area contributed by atoms with E-state index in [9.17, 15) is 31.3 Å². The lowest BCUT2D eigenvalue weighted by molar-refractivity contribution is -0.458. The second-order valence-corrected chi connectivity index (χ2v) is 9.16. The van der Waals surface area contributed by atoms with Crippen LogP contribution in [0.25, 0.3) is 0 Å². The molecule has 26 heavy (non-hydrogen) atoms. The summed E-state index contributed by atoms with van der Waals surface area (Å²) in [7, 11) is -8.25. The molecule has 2 aromatic rings. The Kier molecular flexibility index (Phi) is 5.33. The fourth-order valence-electron chi connectivity index (χ4n) is 2.55. The van der Waals surface area contributed by atoms with Crippen molar-refractivity contribution < 1.29 is 26.1 Å². The molecule has 0 spiro atoms. The average Bonchev–Trinajstić information content (AvgIpc) is 2.43. The molecular formula is C15H15FN2O6S2. The van der Waals surface area contributed by atoms with Crippen molar-refractivity contribution in [1.82, 2.24) is 0 Å². The lowest BCUT2D eigenvalue weighted by atomic mass is 10.1. The van der Waals surface area contributed by atoms with Crippen LogP contribution in [0.15, 0.2) is 46.2 Å². The summed E-state index contributed by atoms with van der Waals surface area (Å²) in [6.45, 7) is 2.81. The highest BCUT2D eigenvalue weighted by Gasteiger charge is 2.26. The molecule has 0 radical (unpaired) electrons. The van der Waals surface area contributed by atoms with Crippen LogP contribution >= 0.6 is 0 Å². The smallest absolute Gasteiger partial charge is 0.280 e. The van der Waals surface area contributed by atoms with Crippen molar-refractivity contribution >= 4 is 25.5 Å². The lowest BCUT2D eigenvalue weighted by Crippen LogP contribution is -2.18. The monoisotopic (exact) mass is 402 g/mol. The van der Waals surface area contributed by atoms with E-state index < -0.39 is 36.5 Å². The van der Waals surface area contributed by atoms with Crippen LogP contribution in [-0.4, -0.2) is 27.6 Å². The van der Waals surface area contributed by atoms with E-state index in [2.05, 4.69) is 4.72 Å². The molecule has 2 rings (SSSR count). The quantitative estimate of drug-likeness (QED) is 0.584. The molecule has 0 unspecified atom stereocenters. The number of hydrogen-bond acceptors (Lipinski definition) is 6. The van der Waals surface area contributed by atoms with E-state index in [1.54, 1.807) is 0 Å². The van der Waals surface area contributed by atoms with Gasteiger partial charge in [0.2, 0.25) is 9.84 Å². The second kappa shape index (κ2) is 7.00. The number of rotatable bonds is 6. The minimum absolute atomic E-state index is 0.0596. The Labute approximate surface area is 149 Å².